The Labute approximate surface area is 154 Å². The first kappa shape index (κ1) is 20.4. The molecular weight excluding hydrogens is 336 g/mol. The smallest absolute Gasteiger partial charge is 0.407 e. The minimum atomic E-state index is -1.17. The van der Waals surface area contributed by atoms with Gasteiger partial charge < -0.3 is 20.1 Å². The van der Waals surface area contributed by atoms with Crippen LogP contribution in [0.4, 0.5) is 4.79 Å². The first-order valence-corrected chi connectivity index (χ1v) is 8.88. The molecular formula is C18H30N4O4. The standard InChI is InChI=1S/C18H30N4O4/c1-11-7-13(9-19-8-12(11)2)18(14(23)21-15(22-18)25-6)10-20-16(24)26-17(3,4)5/h7,9,11-12,15,22H,8,10H2,1-6H3,(H,20,24)(H,21,23). The molecule has 4 unspecified atom stereocenters. The maximum atomic E-state index is 12.8. The van der Waals surface area contributed by atoms with Crippen molar-refractivity contribution in [3.63, 3.8) is 0 Å². The van der Waals surface area contributed by atoms with Crippen LogP contribution in [-0.4, -0.2) is 55.9 Å². The Balaban J connectivity index is 2.28. The number of ether oxygens (including phenoxy) is 2. The lowest BCUT2D eigenvalue weighted by Gasteiger charge is -2.29. The van der Waals surface area contributed by atoms with Crippen molar-refractivity contribution < 1.29 is 19.1 Å². The highest BCUT2D eigenvalue weighted by Crippen LogP contribution is 2.27. The lowest BCUT2D eigenvalue weighted by Crippen LogP contribution is -2.58. The number of carbonyl (C=O) groups is 2. The van der Waals surface area contributed by atoms with Crippen LogP contribution in [-0.2, 0) is 14.3 Å². The van der Waals surface area contributed by atoms with Crippen LogP contribution in [0.1, 0.15) is 34.6 Å². The molecule has 0 spiro atoms. The molecule has 2 aliphatic rings. The topological polar surface area (TPSA) is 101 Å². The van der Waals surface area contributed by atoms with Gasteiger partial charge in [-0.05, 0) is 38.2 Å². The Morgan fingerprint density at radius 1 is 1.42 bits per heavy atom. The number of aliphatic imine (C=N–C) groups is 1. The average Bonchev–Trinajstić information content (AvgIpc) is 2.77. The second-order valence-corrected chi connectivity index (χ2v) is 7.95. The molecule has 0 aromatic heterocycles. The van der Waals surface area contributed by atoms with Crippen LogP contribution in [0.25, 0.3) is 0 Å². The fourth-order valence-corrected chi connectivity index (χ4v) is 2.88. The van der Waals surface area contributed by atoms with E-state index in [1.165, 1.54) is 7.11 Å². The van der Waals surface area contributed by atoms with Crippen LogP contribution in [0.2, 0.25) is 0 Å². The molecule has 0 bridgehead atoms. The number of carbonyl (C=O) groups excluding carboxylic acids is 2. The maximum absolute atomic E-state index is 12.8. The Bertz CT molecular complexity index is 611. The highest BCUT2D eigenvalue weighted by atomic mass is 16.6. The Morgan fingerprint density at radius 2 is 2.12 bits per heavy atom. The molecule has 2 heterocycles. The zero-order valence-corrected chi connectivity index (χ0v) is 16.4. The van der Waals surface area contributed by atoms with Crippen LogP contribution < -0.4 is 16.0 Å². The van der Waals surface area contributed by atoms with Crippen molar-refractivity contribution in [1.29, 1.82) is 0 Å². The molecule has 0 aromatic carbocycles. The number of nitrogens with one attached hydrogen (secondary N) is 3. The Hall–Kier alpha value is -1.93. The van der Waals surface area contributed by atoms with Gasteiger partial charge in [-0.25, -0.2) is 4.79 Å². The number of hydrogen-bond donors (Lipinski definition) is 3. The number of alkyl carbamates (subject to hydrolysis) is 1. The van der Waals surface area contributed by atoms with E-state index in [4.69, 9.17) is 9.47 Å². The largest absolute Gasteiger partial charge is 0.444 e. The molecule has 146 valence electrons. The van der Waals surface area contributed by atoms with E-state index in [1.807, 2.05) is 6.08 Å². The van der Waals surface area contributed by atoms with E-state index in [9.17, 15) is 9.59 Å². The van der Waals surface area contributed by atoms with Gasteiger partial charge in [0.25, 0.3) is 0 Å². The van der Waals surface area contributed by atoms with Gasteiger partial charge in [0.05, 0.1) is 6.54 Å². The van der Waals surface area contributed by atoms with Crippen molar-refractivity contribution in [3.8, 4) is 0 Å². The van der Waals surface area contributed by atoms with Crippen LogP contribution >= 0.6 is 0 Å². The molecule has 8 nitrogen and oxygen atoms in total. The fraction of sp³-hybridized carbons (Fsp3) is 0.722. The predicted molar refractivity (Wildman–Crippen MR) is 98.8 cm³/mol. The van der Waals surface area contributed by atoms with Crippen molar-refractivity contribution in [2.24, 2.45) is 16.8 Å². The summed E-state index contributed by atoms with van der Waals surface area (Å²) in [5, 5.41) is 8.58. The molecule has 1 fully saturated rings. The van der Waals surface area contributed by atoms with Crippen LogP contribution in [0, 0.1) is 11.8 Å². The van der Waals surface area contributed by atoms with Gasteiger partial charge in [0.1, 0.15) is 11.1 Å². The summed E-state index contributed by atoms with van der Waals surface area (Å²) in [6, 6.07) is 0. The predicted octanol–water partition coefficient (Wildman–Crippen LogP) is 1.18. The summed E-state index contributed by atoms with van der Waals surface area (Å²) in [5.74, 6) is 0.323. The van der Waals surface area contributed by atoms with Crippen molar-refractivity contribution in [2.75, 3.05) is 20.2 Å². The zero-order valence-electron chi connectivity index (χ0n) is 16.4. The van der Waals surface area contributed by atoms with Gasteiger partial charge in [-0.2, -0.15) is 0 Å². The molecule has 0 saturated carbocycles. The van der Waals surface area contributed by atoms with Crippen molar-refractivity contribution in [3.05, 3.63) is 11.6 Å². The van der Waals surface area contributed by atoms with Crippen LogP contribution in [0.15, 0.2) is 16.6 Å². The summed E-state index contributed by atoms with van der Waals surface area (Å²) in [7, 11) is 1.50. The molecule has 2 rings (SSSR count). The quantitative estimate of drug-likeness (QED) is 0.694. The minimum absolute atomic E-state index is 0.0204. The van der Waals surface area contributed by atoms with Gasteiger partial charge in [-0.15, -0.1) is 0 Å². The summed E-state index contributed by atoms with van der Waals surface area (Å²) in [6.07, 6.45) is 2.51. The molecule has 2 aliphatic heterocycles. The first-order chi connectivity index (χ1) is 12.1. The van der Waals surface area contributed by atoms with Gasteiger partial charge in [0.15, 0.2) is 6.35 Å². The van der Waals surface area contributed by atoms with E-state index in [2.05, 4.69) is 34.8 Å². The lowest BCUT2D eigenvalue weighted by molar-refractivity contribution is -0.123. The van der Waals surface area contributed by atoms with E-state index in [1.54, 1.807) is 27.0 Å². The normalized spacial score (nSPS) is 31.8. The van der Waals surface area contributed by atoms with E-state index in [-0.39, 0.29) is 18.4 Å². The summed E-state index contributed by atoms with van der Waals surface area (Å²) in [5.41, 5.74) is -1.08. The molecule has 1 saturated heterocycles. The number of hydrogen-bond acceptors (Lipinski definition) is 6. The molecule has 26 heavy (non-hydrogen) atoms. The number of nitrogens with zero attached hydrogens (tertiary/aromatic N) is 1. The highest BCUT2D eigenvalue weighted by Gasteiger charge is 2.49. The van der Waals surface area contributed by atoms with Crippen molar-refractivity contribution in [2.45, 2.75) is 52.1 Å². The van der Waals surface area contributed by atoms with Crippen LogP contribution in [0.3, 0.4) is 0 Å². The van der Waals surface area contributed by atoms with Gasteiger partial charge >= 0.3 is 6.09 Å². The Kier molecular flexibility index (Phi) is 6.08. The maximum Gasteiger partial charge on any atom is 0.407 e. The number of methoxy groups -OCH3 is 1. The summed E-state index contributed by atoms with van der Waals surface area (Å²) >= 11 is 0. The third-order valence-electron chi connectivity index (χ3n) is 4.62. The summed E-state index contributed by atoms with van der Waals surface area (Å²) in [4.78, 5) is 29.4. The molecule has 8 heteroatoms. The lowest BCUT2D eigenvalue weighted by atomic mass is 9.86. The summed E-state index contributed by atoms with van der Waals surface area (Å²) in [6.45, 7) is 10.3. The fourth-order valence-electron chi connectivity index (χ4n) is 2.88. The van der Waals surface area contributed by atoms with Crippen molar-refractivity contribution >= 4 is 18.2 Å². The molecule has 3 N–H and O–H groups in total. The third kappa shape index (κ3) is 4.62. The second kappa shape index (κ2) is 7.75. The van der Waals surface area contributed by atoms with E-state index in [0.717, 1.165) is 0 Å². The van der Waals surface area contributed by atoms with E-state index in [0.29, 0.717) is 18.0 Å². The highest BCUT2D eigenvalue weighted by molar-refractivity contribution is 6.01. The molecule has 0 radical (unpaired) electrons. The third-order valence-corrected chi connectivity index (χ3v) is 4.62. The van der Waals surface area contributed by atoms with E-state index >= 15 is 0 Å². The van der Waals surface area contributed by atoms with Crippen molar-refractivity contribution in [1.82, 2.24) is 16.0 Å². The average molecular weight is 366 g/mol. The second-order valence-electron chi connectivity index (χ2n) is 7.95. The molecule has 0 aliphatic carbocycles. The van der Waals surface area contributed by atoms with Gasteiger partial charge in [0, 0.05) is 19.9 Å². The zero-order chi connectivity index (χ0) is 19.5. The first-order valence-electron chi connectivity index (χ1n) is 8.88. The molecule has 2 amide bonds. The van der Waals surface area contributed by atoms with E-state index < -0.39 is 23.6 Å². The number of amides is 2. The van der Waals surface area contributed by atoms with Gasteiger partial charge in [0.2, 0.25) is 5.91 Å². The molecule has 0 aromatic rings. The monoisotopic (exact) mass is 366 g/mol. The van der Waals surface area contributed by atoms with Gasteiger partial charge in [-0.1, -0.05) is 19.9 Å². The van der Waals surface area contributed by atoms with Crippen LogP contribution in [0.5, 0.6) is 0 Å². The van der Waals surface area contributed by atoms with Gasteiger partial charge in [-0.3, -0.25) is 15.1 Å². The molecule has 4 atom stereocenters. The number of allylic oxidation sites excluding steroid dienone is 1. The number of rotatable bonds is 4. The Morgan fingerprint density at radius 3 is 2.69 bits per heavy atom. The minimum Gasteiger partial charge on any atom is -0.444 e. The summed E-state index contributed by atoms with van der Waals surface area (Å²) < 4.78 is 10.5. The SMILES string of the molecule is COC1NC(=O)C(CNC(=O)OC(C)(C)C)(C2=CC(C)C(C)CN=C2)N1.